The molecule has 2 nitrogen and oxygen atoms in total. The molecule has 0 saturated heterocycles. The molecule has 0 aliphatic carbocycles. The highest BCUT2D eigenvalue weighted by atomic mass is 79.9. The molecule has 0 amide bonds. The number of ether oxygens (including phenoxy) is 1. The van der Waals surface area contributed by atoms with E-state index < -0.39 is 11.7 Å². The molecule has 2 aromatic rings. The van der Waals surface area contributed by atoms with Crippen molar-refractivity contribution in [3.05, 3.63) is 57.0 Å². The molecule has 0 aliphatic heterocycles. The van der Waals surface area contributed by atoms with Crippen LogP contribution in [0.5, 0.6) is 11.5 Å². The molecular weight excluding hydrogens is 371 g/mol. The van der Waals surface area contributed by atoms with Gasteiger partial charge in [0.2, 0.25) is 0 Å². The summed E-state index contributed by atoms with van der Waals surface area (Å²) in [6, 6.07) is 8.14. The molecule has 2 aromatic carbocycles. The molecular formula is C14H10BrClF3NO. The van der Waals surface area contributed by atoms with Crippen LogP contribution in [0.3, 0.4) is 0 Å². The minimum absolute atomic E-state index is 0.191. The highest BCUT2D eigenvalue weighted by molar-refractivity contribution is 9.10. The van der Waals surface area contributed by atoms with Crippen LogP contribution in [-0.4, -0.2) is 0 Å². The Balaban J connectivity index is 2.28. The lowest BCUT2D eigenvalue weighted by molar-refractivity contribution is -0.137. The Kier molecular flexibility index (Phi) is 4.81. The number of hydrogen-bond donors (Lipinski definition) is 1. The summed E-state index contributed by atoms with van der Waals surface area (Å²) in [7, 11) is 0. The summed E-state index contributed by atoms with van der Waals surface area (Å²) in [6.45, 7) is 0.337. The van der Waals surface area contributed by atoms with Crippen molar-refractivity contribution in [2.75, 3.05) is 0 Å². The average molecular weight is 381 g/mol. The van der Waals surface area contributed by atoms with Gasteiger partial charge in [0.1, 0.15) is 11.5 Å². The lowest BCUT2D eigenvalue weighted by Gasteiger charge is -2.12. The van der Waals surface area contributed by atoms with E-state index in [1.807, 2.05) is 0 Å². The Morgan fingerprint density at radius 1 is 1.10 bits per heavy atom. The van der Waals surface area contributed by atoms with Crippen LogP contribution in [0, 0.1) is 0 Å². The predicted molar refractivity (Wildman–Crippen MR) is 78.6 cm³/mol. The number of alkyl halides is 3. The SMILES string of the molecule is NCc1ccc(Oc2ccc(C(F)(F)F)cc2Br)c(Cl)c1. The van der Waals surface area contributed by atoms with Crippen molar-refractivity contribution in [3.8, 4) is 11.5 Å². The van der Waals surface area contributed by atoms with E-state index in [0.717, 1.165) is 17.7 Å². The first-order valence-electron chi connectivity index (χ1n) is 5.84. The monoisotopic (exact) mass is 379 g/mol. The highest BCUT2D eigenvalue weighted by Gasteiger charge is 2.31. The molecule has 0 saturated carbocycles. The van der Waals surface area contributed by atoms with E-state index in [0.29, 0.717) is 17.3 Å². The molecule has 0 bridgehead atoms. The number of halogens is 5. The highest BCUT2D eigenvalue weighted by Crippen LogP contribution is 2.38. The fourth-order valence-electron chi connectivity index (χ4n) is 1.63. The van der Waals surface area contributed by atoms with E-state index in [-0.39, 0.29) is 10.2 Å². The van der Waals surface area contributed by atoms with Gasteiger partial charge in [-0.2, -0.15) is 13.2 Å². The van der Waals surface area contributed by atoms with Crippen LogP contribution in [0.2, 0.25) is 5.02 Å². The first kappa shape index (κ1) is 16.1. The molecule has 7 heteroatoms. The van der Waals surface area contributed by atoms with Gasteiger partial charge in [-0.05, 0) is 51.8 Å². The molecule has 0 aliphatic rings. The number of hydrogen-bond acceptors (Lipinski definition) is 2. The zero-order chi connectivity index (χ0) is 15.6. The maximum atomic E-state index is 12.6. The van der Waals surface area contributed by atoms with Crippen LogP contribution in [0.1, 0.15) is 11.1 Å². The van der Waals surface area contributed by atoms with Gasteiger partial charge in [-0.25, -0.2) is 0 Å². The summed E-state index contributed by atoms with van der Waals surface area (Å²) in [5.74, 6) is 0.583. The topological polar surface area (TPSA) is 35.2 Å². The van der Waals surface area contributed by atoms with Gasteiger partial charge in [0.15, 0.2) is 0 Å². The standard InChI is InChI=1S/C14H10BrClF3NO/c15-10-6-9(14(17,18)19)2-4-12(10)21-13-3-1-8(7-20)5-11(13)16/h1-6H,7,20H2. The van der Waals surface area contributed by atoms with Gasteiger partial charge >= 0.3 is 6.18 Å². The molecule has 0 unspecified atom stereocenters. The largest absolute Gasteiger partial charge is 0.455 e. The number of nitrogens with two attached hydrogens (primary N) is 1. The third-order valence-electron chi connectivity index (χ3n) is 2.71. The van der Waals surface area contributed by atoms with Crippen LogP contribution in [0.4, 0.5) is 13.2 Å². The van der Waals surface area contributed by atoms with Crippen molar-refractivity contribution >= 4 is 27.5 Å². The second-order valence-corrected chi connectivity index (χ2v) is 5.48. The normalized spacial score (nSPS) is 11.5. The Bertz CT molecular complexity index is 661. The summed E-state index contributed by atoms with van der Waals surface area (Å²) >= 11 is 9.10. The first-order valence-corrected chi connectivity index (χ1v) is 7.01. The fraction of sp³-hybridized carbons (Fsp3) is 0.143. The number of rotatable bonds is 3. The van der Waals surface area contributed by atoms with Gasteiger partial charge in [0, 0.05) is 6.54 Å². The summed E-state index contributed by atoms with van der Waals surface area (Å²) < 4.78 is 43.4. The zero-order valence-corrected chi connectivity index (χ0v) is 12.9. The lowest BCUT2D eigenvalue weighted by atomic mass is 10.2. The lowest BCUT2D eigenvalue weighted by Crippen LogP contribution is -2.04. The van der Waals surface area contributed by atoms with Crippen LogP contribution in [-0.2, 0) is 12.7 Å². The van der Waals surface area contributed by atoms with Gasteiger partial charge in [-0.3, -0.25) is 0 Å². The van der Waals surface area contributed by atoms with Gasteiger partial charge in [-0.15, -0.1) is 0 Å². The molecule has 0 heterocycles. The average Bonchev–Trinajstić information content (AvgIpc) is 2.41. The second-order valence-electron chi connectivity index (χ2n) is 4.21. The molecule has 0 atom stereocenters. The van der Waals surface area contributed by atoms with E-state index in [1.54, 1.807) is 18.2 Å². The Labute approximate surface area is 132 Å². The van der Waals surface area contributed by atoms with Crippen molar-refractivity contribution < 1.29 is 17.9 Å². The maximum Gasteiger partial charge on any atom is 0.416 e. The van der Waals surface area contributed by atoms with Crippen LogP contribution < -0.4 is 10.5 Å². The van der Waals surface area contributed by atoms with E-state index in [9.17, 15) is 13.2 Å². The minimum Gasteiger partial charge on any atom is -0.455 e. The van der Waals surface area contributed by atoms with Crippen molar-refractivity contribution in [1.82, 2.24) is 0 Å². The Hall–Kier alpha value is -1.24. The van der Waals surface area contributed by atoms with Crippen molar-refractivity contribution in [2.45, 2.75) is 12.7 Å². The minimum atomic E-state index is -4.40. The third kappa shape index (κ3) is 3.90. The molecule has 0 spiro atoms. The van der Waals surface area contributed by atoms with E-state index in [1.165, 1.54) is 6.07 Å². The molecule has 2 N–H and O–H groups in total. The van der Waals surface area contributed by atoms with Gasteiger partial charge in [-0.1, -0.05) is 17.7 Å². The van der Waals surface area contributed by atoms with Gasteiger partial charge < -0.3 is 10.5 Å². The summed E-state index contributed by atoms with van der Waals surface area (Å²) in [4.78, 5) is 0. The smallest absolute Gasteiger partial charge is 0.416 e. The van der Waals surface area contributed by atoms with E-state index in [2.05, 4.69) is 15.9 Å². The zero-order valence-electron chi connectivity index (χ0n) is 10.5. The Morgan fingerprint density at radius 2 is 1.76 bits per heavy atom. The van der Waals surface area contributed by atoms with Crippen LogP contribution in [0.15, 0.2) is 40.9 Å². The quantitative estimate of drug-likeness (QED) is 0.777. The van der Waals surface area contributed by atoms with Crippen LogP contribution >= 0.6 is 27.5 Å². The molecule has 21 heavy (non-hydrogen) atoms. The maximum absolute atomic E-state index is 12.6. The van der Waals surface area contributed by atoms with Crippen molar-refractivity contribution in [1.29, 1.82) is 0 Å². The molecule has 0 fully saturated rings. The van der Waals surface area contributed by atoms with Gasteiger partial charge in [0.05, 0.1) is 15.1 Å². The molecule has 0 aromatic heterocycles. The third-order valence-corrected chi connectivity index (χ3v) is 3.63. The van der Waals surface area contributed by atoms with E-state index >= 15 is 0 Å². The summed E-state index contributed by atoms with van der Waals surface area (Å²) in [5, 5.41) is 0.338. The Morgan fingerprint density at radius 3 is 2.29 bits per heavy atom. The summed E-state index contributed by atoms with van der Waals surface area (Å²) in [6.07, 6.45) is -4.40. The van der Waals surface area contributed by atoms with Gasteiger partial charge in [0.25, 0.3) is 0 Å². The summed E-state index contributed by atoms with van der Waals surface area (Å²) in [5.41, 5.74) is 5.56. The van der Waals surface area contributed by atoms with Crippen molar-refractivity contribution in [3.63, 3.8) is 0 Å². The molecule has 0 radical (unpaired) electrons. The first-order chi connectivity index (χ1) is 9.81. The number of benzene rings is 2. The predicted octanol–water partition coefficient (Wildman–Crippen LogP) is 5.37. The fourth-order valence-corrected chi connectivity index (χ4v) is 2.33. The van der Waals surface area contributed by atoms with Crippen LogP contribution in [0.25, 0.3) is 0 Å². The van der Waals surface area contributed by atoms with E-state index in [4.69, 9.17) is 22.1 Å². The van der Waals surface area contributed by atoms with Crippen molar-refractivity contribution in [2.24, 2.45) is 5.73 Å². The molecule has 2 rings (SSSR count). The molecule has 112 valence electrons. The second kappa shape index (κ2) is 6.25.